The number of ketones is 2. The first kappa shape index (κ1) is 55.8. The number of unbranched alkanes of at least 4 members (excludes halogenated alkanes) is 1. The number of Topliss-reactive ketones (excluding diaryl/α,β-unsaturated/α-hetero) is 2. The molecule has 1 fully saturated rings. The SMILES string of the molecule is CC(=O)Oc1ccc(C[NH2+]CCOCCCCC(=O)NC(CCc2ccccc2)C(=O)NC(CCC(C)C)C(=O)NC(Cc2ccccc2)C(=O)NC(CCC(C)C)C(=O)C2(C)CO2)cc1C(C)=O. The van der Waals surface area contributed by atoms with Crippen LogP contribution in [0.1, 0.15) is 127 Å². The lowest BCUT2D eigenvalue weighted by Crippen LogP contribution is -2.83. The predicted octanol–water partition coefficient (Wildman–Crippen LogP) is 5.11. The third-order valence-corrected chi connectivity index (χ3v) is 12.0. The quantitative estimate of drug-likeness (QED) is 0.0183. The molecule has 0 saturated carbocycles. The number of hydrogen-bond donors (Lipinski definition) is 5. The van der Waals surface area contributed by atoms with Gasteiger partial charge in [-0.25, -0.2) is 0 Å². The second kappa shape index (κ2) is 28.7. The number of esters is 1. The Morgan fingerprint density at radius 2 is 1.22 bits per heavy atom. The lowest BCUT2D eigenvalue weighted by atomic mass is 9.93. The van der Waals surface area contributed by atoms with Crippen LogP contribution in [0.4, 0.5) is 0 Å². The maximum atomic E-state index is 14.3. The first-order valence-corrected chi connectivity index (χ1v) is 24.6. The van der Waals surface area contributed by atoms with Gasteiger partial charge in [-0.3, -0.25) is 33.6 Å². The van der Waals surface area contributed by atoms with Gasteiger partial charge in [0.2, 0.25) is 23.6 Å². The molecule has 69 heavy (non-hydrogen) atoms. The molecule has 5 atom stereocenters. The van der Waals surface area contributed by atoms with Crippen LogP contribution in [0.3, 0.4) is 0 Å². The molecule has 4 rings (SSSR count). The summed E-state index contributed by atoms with van der Waals surface area (Å²) in [4.78, 5) is 93.1. The van der Waals surface area contributed by atoms with Crippen molar-refractivity contribution >= 4 is 41.2 Å². The van der Waals surface area contributed by atoms with Gasteiger partial charge < -0.3 is 40.8 Å². The molecule has 15 heteroatoms. The van der Waals surface area contributed by atoms with E-state index in [0.717, 1.165) is 16.7 Å². The summed E-state index contributed by atoms with van der Waals surface area (Å²) >= 11 is 0. The van der Waals surface area contributed by atoms with Crippen molar-refractivity contribution in [1.82, 2.24) is 21.3 Å². The Bertz CT molecular complexity index is 2140. The number of amides is 4. The number of carbonyl (C=O) groups excluding carboxylic acids is 7. The van der Waals surface area contributed by atoms with Gasteiger partial charge >= 0.3 is 5.97 Å². The summed E-state index contributed by atoms with van der Waals surface area (Å²) in [7, 11) is 0. The zero-order valence-corrected chi connectivity index (χ0v) is 41.7. The molecule has 0 aliphatic carbocycles. The summed E-state index contributed by atoms with van der Waals surface area (Å²) in [6, 6.07) is 20.3. The summed E-state index contributed by atoms with van der Waals surface area (Å²) in [6.45, 7) is 15.1. The largest absolute Gasteiger partial charge is 0.426 e. The fraction of sp³-hybridized carbons (Fsp3) is 0.537. The van der Waals surface area contributed by atoms with Crippen LogP contribution in [0.25, 0.3) is 0 Å². The molecule has 376 valence electrons. The van der Waals surface area contributed by atoms with Gasteiger partial charge in [-0.2, -0.15) is 0 Å². The molecule has 5 unspecified atom stereocenters. The van der Waals surface area contributed by atoms with E-state index in [1.807, 2.05) is 80.6 Å². The van der Waals surface area contributed by atoms with Crippen LogP contribution in [0.15, 0.2) is 78.9 Å². The highest BCUT2D eigenvalue weighted by molar-refractivity contribution is 5.99. The highest BCUT2D eigenvalue weighted by Gasteiger charge is 2.50. The van der Waals surface area contributed by atoms with Crippen molar-refractivity contribution in [2.75, 3.05) is 26.4 Å². The second-order valence-electron chi connectivity index (χ2n) is 19.2. The summed E-state index contributed by atoms with van der Waals surface area (Å²) < 4.78 is 16.4. The Morgan fingerprint density at radius 1 is 0.652 bits per heavy atom. The van der Waals surface area contributed by atoms with Crippen molar-refractivity contribution in [3.63, 3.8) is 0 Å². The Kier molecular flexibility index (Phi) is 23.2. The lowest BCUT2D eigenvalue weighted by Gasteiger charge is -2.27. The van der Waals surface area contributed by atoms with E-state index in [-0.39, 0.29) is 48.6 Å². The number of ether oxygens (including phenoxy) is 3. The summed E-state index contributed by atoms with van der Waals surface area (Å²) in [5.41, 5.74) is 2.12. The maximum absolute atomic E-state index is 14.3. The monoisotopic (exact) mass is 955 g/mol. The van der Waals surface area contributed by atoms with Crippen molar-refractivity contribution in [2.24, 2.45) is 11.8 Å². The molecule has 4 amide bonds. The Hall–Kier alpha value is -5.77. The molecule has 6 N–H and O–H groups in total. The van der Waals surface area contributed by atoms with Crippen molar-refractivity contribution in [3.8, 4) is 5.75 Å². The number of rotatable bonds is 32. The molecule has 3 aromatic carbocycles. The number of quaternary nitrogens is 1. The number of hydrogen-bond acceptors (Lipinski definition) is 10. The van der Waals surface area contributed by atoms with E-state index in [2.05, 4.69) is 40.4 Å². The summed E-state index contributed by atoms with van der Waals surface area (Å²) in [5, 5.41) is 13.8. The molecule has 15 nitrogen and oxygen atoms in total. The van der Waals surface area contributed by atoms with Crippen LogP contribution in [-0.2, 0) is 57.6 Å². The number of benzene rings is 3. The zero-order valence-electron chi connectivity index (χ0n) is 41.7. The van der Waals surface area contributed by atoms with E-state index in [1.54, 1.807) is 19.1 Å². The van der Waals surface area contributed by atoms with Crippen LogP contribution in [0, 0.1) is 11.8 Å². The minimum atomic E-state index is -1.06. The van der Waals surface area contributed by atoms with Gasteiger partial charge in [-0.15, -0.1) is 0 Å². The van der Waals surface area contributed by atoms with Crippen LogP contribution >= 0.6 is 0 Å². The van der Waals surface area contributed by atoms with E-state index >= 15 is 0 Å². The van der Waals surface area contributed by atoms with Crippen LogP contribution in [0.5, 0.6) is 5.75 Å². The smallest absolute Gasteiger partial charge is 0.308 e. The molecule has 1 saturated heterocycles. The van der Waals surface area contributed by atoms with Gasteiger partial charge in [0, 0.05) is 31.9 Å². The summed E-state index contributed by atoms with van der Waals surface area (Å²) in [6.07, 6.45) is 4.31. The van der Waals surface area contributed by atoms with Crippen molar-refractivity contribution in [1.29, 1.82) is 0 Å². The molecule has 1 heterocycles. The Balaban J connectivity index is 1.36. The highest BCUT2D eigenvalue weighted by Crippen LogP contribution is 2.30. The van der Waals surface area contributed by atoms with Gasteiger partial charge in [-0.05, 0) is 106 Å². The van der Waals surface area contributed by atoms with E-state index in [9.17, 15) is 33.6 Å². The van der Waals surface area contributed by atoms with E-state index in [4.69, 9.17) is 14.2 Å². The molecule has 3 aromatic rings. The standard InChI is InChI=1S/C54H75N5O10/c1-36(2)21-25-44(50(63)54(7)35-68-54)57-53(66)47(33-41-18-12-9-13-19-41)59-52(65)46(26-22-37(3)4)58-51(64)45(27-23-40-16-10-8-11-17-40)56-49(62)20-14-15-30-67-31-29-55-34-42-24-28-48(69-39(6)61)43(32-42)38(5)60/h8-13,16-19,24,28,32,36-37,44-47,55H,14-15,20-23,25-27,29-31,33-35H2,1-7H3,(H,56,62)(H,57,66)(H,58,64)(H,59,65)/p+1. The topological polar surface area (TPSA) is 215 Å². The summed E-state index contributed by atoms with van der Waals surface area (Å²) in [5.74, 6) is -1.96. The van der Waals surface area contributed by atoms with Crippen LogP contribution in [0.2, 0.25) is 0 Å². The number of epoxide rings is 1. The molecule has 0 radical (unpaired) electrons. The maximum Gasteiger partial charge on any atom is 0.308 e. The fourth-order valence-corrected chi connectivity index (χ4v) is 7.77. The third kappa shape index (κ3) is 20.4. The fourth-order valence-electron chi connectivity index (χ4n) is 7.77. The molecule has 0 aromatic heterocycles. The number of nitrogens with one attached hydrogen (secondary N) is 4. The number of aryl methyl sites for hydroxylation is 1. The molecular weight excluding hydrogens is 879 g/mol. The Labute approximate surface area is 408 Å². The van der Waals surface area contributed by atoms with Crippen LogP contribution < -0.4 is 31.3 Å². The normalized spacial score (nSPS) is 15.9. The lowest BCUT2D eigenvalue weighted by molar-refractivity contribution is -0.672. The second-order valence-corrected chi connectivity index (χ2v) is 19.2. The van der Waals surface area contributed by atoms with Crippen LogP contribution in [-0.4, -0.2) is 97.3 Å². The average molecular weight is 955 g/mol. The molecule has 0 bridgehead atoms. The van der Waals surface area contributed by atoms with Crippen molar-refractivity contribution < 1.29 is 53.1 Å². The number of carbonyl (C=O) groups is 7. The van der Waals surface area contributed by atoms with E-state index in [1.165, 1.54) is 13.8 Å². The zero-order chi connectivity index (χ0) is 50.3. The first-order chi connectivity index (χ1) is 32.9. The molecule has 1 aliphatic heterocycles. The van der Waals surface area contributed by atoms with E-state index < -0.39 is 53.5 Å². The van der Waals surface area contributed by atoms with E-state index in [0.29, 0.717) is 89.2 Å². The first-order valence-electron chi connectivity index (χ1n) is 24.6. The van der Waals surface area contributed by atoms with Gasteiger partial charge in [0.05, 0.1) is 31.4 Å². The van der Waals surface area contributed by atoms with Gasteiger partial charge in [-0.1, -0.05) is 88.4 Å². The van der Waals surface area contributed by atoms with Gasteiger partial charge in [0.25, 0.3) is 0 Å². The predicted molar refractivity (Wildman–Crippen MR) is 263 cm³/mol. The van der Waals surface area contributed by atoms with Gasteiger partial charge in [0.15, 0.2) is 11.6 Å². The Morgan fingerprint density at radius 3 is 1.81 bits per heavy atom. The third-order valence-electron chi connectivity index (χ3n) is 12.0. The van der Waals surface area contributed by atoms with Gasteiger partial charge in [0.1, 0.15) is 36.0 Å². The molecule has 0 spiro atoms. The molecular formula is C54H76N5O10+. The number of nitrogens with two attached hydrogens (primary N) is 1. The minimum absolute atomic E-state index is 0.154. The minimum Gasteiger partial charge on any atom is -0.426 e. The van der Waals surface area contributed by atoms with Crippen molar-refractivity contribution in [2.45, 2.75) is 149 Å². The molecule has 1 aliphatic rings. The van der Waals surface area contributed by atoms with Crippen molar-refractivity contribution in [3.05, 3.63) is 101 Å². The average Bonchev–Trinajstić information content (AvgIpc) is 4.07. The highest BCUT2D eigenvalue weighted by atomic mass is 16.6.